The van der Waals surface area contributed by atoms with Crippen molar-refractivity contribution < 1.29 is 8.42 Å². The van der Waals surface area contributed by atoms with E-state index < -0.39 is 9.84 Å². The van der Waals surface area contributed by atoms with Gasteiger partial charge in [-0.15, -0.1) is 0 Å². The van der Waals surface area contributed by atoms with Crippen molar-refractivity contribution >= 4 is 9.84 Å². The van der Waals surface area contributed by atoms with E-state index in [0.29, 0.717) is 35.3 Å². The SMILES string of the molecule is CCNC(C)C(C(C)C)C1CCS(=O)(=O)C1. The normalized spacial score (nSPS) is 28.2. The van der Waals surface area contributed by atoms with Crippen LogP contribution >= 0.6 is 0 Å². The van der Waals surface area contributed by atoms with Gasteiger partial charge in [-0.1, -0.05) is 20.8 Å². The molecule has 0 spiro atoms. The van der Waals surface area contributed by atoms with Crippen LogP contribution in [0.1, 0.15) is 34.1 Å². The average molecular weight is 247 g/mol. The maximum Gasteiger partial charge on any atom is 0.150 e. The third kappa shape index (κ3) is 3.45. The molecule has 1 fully saturated rings. The fourth-order valence-corrected chi connectivity index (χ4v) is 4.99. The fraction of sp³-hybridized carbons (Fsp3) is 1.00. The number of hydrogen-bond donors (Lipinski definition) is 1. The molecular weight excluding hydrogens is 222 g/mol. The lowest BCUT2D eigenvalue weighted by atomic mass is 9.78. The molecule has 1 heterocycles. The highest BCUT2D eigenvalue weighted by molar-refractivity contribution is 7.91. The van der Waals surface area contributed by atoms with E-state index in [1.807, 2.05) is 0 Å². The summed E-state index contributed by atoms with van der Waals surface area (Å²) in [6, 6.07) is 0.406. The van der Waals surface area contributed by atoms with Gasteiger partial charge in [-0.05, 0) is 37.6 Å². The van der Waals surface area contributed by atoms with Crippen LogP contribution in [0.15, 0.2) is 0 Å². The Bertz CT molecular complexity index is 311. The molecule has 0 radical (unpaired) electrons. The third-order valence-electron chi connectivity index (χ3n) is 3.69. The smallest absolute Gasteiger partial charge is 0.150 e. The molecule has 0 bridgehead atoms. The van der Waals surface area contributed by atoms with Crippen LogP contribution in [0.5, 0.6) is 0 Å². The van der Waals surface area contributed by atoms with Gasteiger partial charge in [0, 0.05) is 6.04 Å². The van der Waals surface area contributed by atoms with E-state index in [9.17, 15) is 8.42 Å². The van der Waals surface area contributed by atoms with E-state index in [-0.39, 0.29) is 0 Å². The minimum atomic E-state index is -2.75. The van der Waals surface area contributed by atoms with Gasteiger partial charge in [0.25, 0.3) is 0 Å². The summed E-state index contributed by atoms with van der Waals surface area (Å²) in [6.45, 7) is 9.62. The van der Waals surface area contributed by atoms with E-state index in [1.165, 1.54) is 0 Å². The molecular formula is C12H25NO2S. The van der Waals surface area contributed by atoms with Crippen LogP contribution < -0.4 is 5.32 Å². The lowest BCUT2D eigenvalue weighted by Crippen LogP contribution is -2.40. The monoisotopic (exact) mass is 247 g/mol. The minimum Gasteiger partial charge on any atom is -0.314 e. The highest BCUT2D eigenvalue weighted by Gasteiger charge is 2.37. The summed E-state index contributed by atoms with van der Waals surface area (Å²) in [4.78, 5) is 0. The first-order chi connectivity index (χ1) is 7.37. The zero-order valence-electron chi connectivity index (χ0n) is 10.9. The van der Waals surface area contributed by atoms with Crippen LogP contribution in [0.3, 0.4) is 0 Å². The van der Waals surface area contributed by atoms with Gasteiger partial charge >= 0.3 is 0 Å². The molecule has 3 unspecified atom stereocenters. The van der Waals surface area contributed by atoms with Gasteiger partial charge in [0.15, 0.2) is 9.84 Å². The Morgan fingerprint density at radius 3 is 2.31 bits per heavy atom. The Morgan fingerprint density at radius 2 is 1.94 bits per heavy atom. The van der Waals surface area contributed by atoms with Gasteiger partial charge in [-0.2, -0.15) is 0 Å². The molecule has 1 rings (SSSR count). The van der Waals surface area contributed by atoms with E-state index in [0.717, 1.165) is 13.0 Å². The standard InChI is InChI=1S/C12H25NO2S/c1-5-13-10(4)12(9(2)3)11-6-7-16(14,15)8-11/h9-13H,5-8H2,1-4H3. The lowest BCUT2D eigenvalue weighted by Gasteiger charge is -2.32. The highest BCUT2D eigenvalue weighted by Crippen LogP contribution is 2.33. The topological polar surface area (TPSA) is 46.2 Å². The Balaban J connectivity index is 2.72. The van der Waals surface area contributed by atoms with Crippen molar-refractivity contribution in [2.24, 2.45) is 17.8 Å². The molecule has 1 N–H and O–H groups in total. The number of rotatable bonds is 5. The maximum atomic E-state index is 11.5. The lowest BCUT2D eigenvalue weighted by molar-refractivity contribution is 0.212. The van der Waals surface area contributed by atoms with Crippen molar-refractivity contribution in [3.63, 3.8) is 0 Å². The van der Waals surface area contributed by atoms with Gasteiger partial charge in [0.1, 0.15) is 0 Å². The van der Waals surface area contributed by atoms with Gasteiger partial charge in [-0.3, -0.25) is 0 Å². The molecule has 0 aromatic rings. The quantitative estimate of drug-likeness (QED) is 0.804. The van der Waals surface area contributed by atoms with E-state index in [2.05, 4.69) is 33.0 Å². The third-order valence-corrected chi connectivity index (χ3v) is 5.48. The summed E-state index contributed by atoms with van der Waals surface area (Å²) in [5.41, 5.74) is 0. The fourth-order valence-electron chi connectivity index (χ4n) is 3.12. The Kier molecular flexibility index (Phi) is 4.80. The van der Waals surface area contributed by atoms with Crippen LogP contribution in [0.4, 0.5) is 0 Å². The van der Waals surface area contributed by atoms with E-state index in [1.54, 1.807) is 0 Å². The molecule has 1 aliphatic rings. The summed E-state index contributed by atoms with van der Waals surface area (Å²) >= 11 is 0. The molecule has 0 amide bonds. The zero-order chi connectivity index (χ0) is 12.3. The molecule has 1 aliphatic heterocycles. The van der Waals surface area contributed by atoms with Crippen molar-refractivity contribution in [2.45, 2.75) is 40.2 Å². The van der Waals surface area contributed by atoms with E-state index >= 15 is 0 Å². The second-order valence-corrected chi connectivity index (χ2v) is 7.56. The summed E-state index contributed by atoms with van der Waals surface area (Å²) in [7, 11) is -2.75. The number of nitrogens with one attached hydrogen (secondary N) is 1. The predicted octanol–water partition coefficient (Wildman–Crippen LogP) is 1.69. The van der Waals surface area contributed by atoms with Gasteiger partial charge in [0.2, 0.25) is 0 Å². The van der Waals surface area contributed by atoms with Crippen molar-refractivity contribution in [3.8, 4) is 0 Å². The first-order valence-electron chi connectivity index (χ1n) is 6.31. The van der Waals surface area contributed by atoms with Crippen LogP contribution in [0.2, 0.25) is 0 Å². The summed E-state index contributed by atoms with van der Waals surface area (Å²) in [5, 5.41) is 3.44. The zero-order valence-corrected chi connectivity index (χ0v) is 11.7. The first kappa shape index (κ1) is 14.0. The van der Waals surface area contributed by atoms with Crippen LogP contribution in [0.25, 0.3) is 0 Å². The highest BCUT2D eigenvalue weighted by atomic mass is 32.2. The predicted molar refractivity (Wildman–Crippen MR) is 68.2 cm³/mol. The number of sulfone groups is 1. The first-order valence-corrected chi connectivity index (χ1v) is 8.13. The molecule has 3 nitrogen and oxygen atoms in total. The van der Waals surface area contributed by atoms with Crippen molar-refractivity contribution in [2.75, 3.05) is 18.1 Å². The largest absolute Gasteiger partial charge is 0.314 e. The van der Waals surface area contributed by atoms with Crippen molar-refractivity contribution in [3.05, 3.63) is 0 Å². The molecule has 96 valence electrons. The molecule has 3 atom stereocenters. The average Bonchev–Trinajstić information content (AvgIpc) is 2.46. The number of hydrogen-bond acceptors (Lipinski definition) is 3. The molecule has 1 saturated heterocycles. The molecule has 0 aliphatic carbocycles. The second-order valence-electron chi connectivity index (χ2n) is 5.33. The Morgan fingerprint density at radius 1 is 1.31 bits per heavy atom. The summed E-state index contributed by atoms with van der Waals surface area (Å²) < 4.78 is 23.1. The second kappa shape index (κ2) is 5.50. The molecule has 4 heteroatoms. The van der Waals surface area contributed by atoms with Crippen LogP contribution in [-0.4, -0.2) is 32.5 Å². The van der Waals surface area contributed by atoms with E-state index in [4.69, 9.17) is 0 Å². The summed E-state index contributed by atoms with van der Waals surface area (Å²) in [5.74, 6) is 2.13. The Labute approximate surface area is 99.9 Å². The molecule has 0 saturated carbocycles. The van der Waals surface area contributed by atoms with Crippen LogP contribution in [0, 0.1) is 17.8 Å². The van der Waals surface area contributed by atoms with Gasteiger partial charge in [-0.25, -0.2) is 8.42 Å². The minimum absolute atomic E-state index is 0.346. The van der Waals surface area contributed by atoms with Crippen molar-refractivity contribution in [1.29, 1.82) is 0 Å². The van der Waals surface area contributed by atoms with Gasteiger partial charge in [0.05, 0.1) is 11.5 Å². The summed E-state index contributed by atoms with van der Waals surface area (Å²) in [6.07, 6.45) is 0.848. The Hall–Kier alpha value is -0.0900. The molecule has 0 aromatic carbocycles. The van der Waals surface area contributed by atoms with Crippen molar-refractivity contribution in [1.82, 2.24) is 5.32 Å². The molecule has 0 aromatic heterocycles. The van der Waals surface area contributed by atoms with Gasteiger partial charge < -0.3 is 5.32 Å². The maximum absolute atomic E-state index is 11.5. The van der Waals surface area contributed by atoms with Crippen LogP contribution in [-0.2, 0) is 9.84 Å². The molecule has 16 heavy (non-hydrogen) atoms.